The van der Waals surface area contributed by atoms with Gasteiger partial charge < -0.3 is 0 Å². The van der Waals surface area contributed by atoms with Crippen LogP contribution in [-0.2, 0) is 0 Å². The third-order valence-electron chi connectivity index (χ3n) is 2.73. The standard InChI is InChI=1S/C13H4Cl6F2/c14-6-3-4(1-2-5(6)13(20)21)7-8(15)10(17)12(19)11(18)9(7)16/h1-3,13H. The summed E-state index contributed by atoms with van der Waals surface area (Å²) in [5, 5.41) is 0.0895. The van der Waals surface area contributed by atoms with Crippen LogP contribution >= 0.6 is 69.6 Å². The normalized spacial score (nSPS) is 11.3. The molecule has 2 aromatic rings. The molecule has 112 valence electrons. The summed E-state index contributed by atoms with van der Waals surface area (Å²) in [7, 11) is 0. The summed E-state index contributed by atoms with van der Waals surface area (Å²) in [5.41, 5.74) is 0.388. The topological polar surface area (TPSA) is 0 Å². The second kappa shape index (κ2) is 6.66. The van der Waals surface area contributed by atoms with Crippen molar-refractivity contribution < 1.29 is 8.78 Å². The lowest BCUT2D eigenvalue weighted by Crippen LogP contribution is -1.90. The van der Waals surface area contributed by atoms with Gasteiger partial charge in [-0.15, -0.1) is 0 Å². The van der Waals surface area contributed by atoms with Gasteiger partial charge in [0.25, 0.3) is 6.43 Å². The van der Waals surface area contributed by atoms with Crippen LogP contribution in [0.3, 0.4) is 0 Å². The second-order valence-corrected chi connectivity index (χ2v) is 6.28. The summed E-state index contributed by atoms with van der Waals surface area (Å²) in [4.78, 5) is 0. The molecule has 0 aromatic heterocycles. The number of hydrogen-bond acceptors (Lipinski definition) is 0. The van der Waals surface area contributed by atoms with Crippen LogP contribution in [0, 0.1) is 0 Å². The molecule has 0 aliphatic rings. The van der Waals surface area contributed by atoms with Crippen LogP contribution in [0.2, 0.25) is 30.1 Å². The Hall–Kier alpha value is 0.0400. The highest BCUT2D eigenvalue weighted by molar-refractivity contribution is 6.56. The monoisotopic (exact) mass is 408 g/mol. The predicted octanol–water partition coefficient (Wildman–Crippen LogP) is 8.21. The first-order valence-electron chi connectivity index (χ1n) is 5.35. The molecule has 0 atom stereocenters. The van der Waals surface area contributed by atoms with Gasteiger partial charge in [0.2, 0.25) is 0 Å². The van der Waals surface area contributed by atoms with E-state index in [0.29, 0.717) is 5.56 Å². The fourth-order valence-corrected chi connectivity index (χ4v) is 3.34. The van der Waals surface area contributed by atoms with Crippen molar-refractivity contribution >= 4 is 69.6 Å². The van der Waals surface area contributed by atoms with E-state index in [9.17, 15) is 8.78 Å². The first-order chi connectivity index (χ1) is 9.75. The predicted molar refractivity (Wildman–Crippen MR) is 86.9 cm³/mol. The fraction of sp³-hybridized carbons (Fsp3) is 0.0769. The number of rotatable bonds is 2. The largest absolute Gasteiger partial charge is 0.265 e. The van der Waals surface area contributed by atoms with Crippen molar-refractivity contribution in [3.8, 4) is 11.1 Å². The van der Waals surface area contributed by atoms with Crippen molar-refractivity contribution in [1.29, 1.82) is 0 Å². The lowest BCUT2D eigenvalue weighted by molar-refractivity contribution is 0.151. The molecule has 0 nitrogen and oxygen atoms in total. The highest BCUT2D eigenvalue weighted by Crippen LogP contribution is 2.48. The third kappa shape index (κ3) is 3.21. The summed E-state index contributed by atoms with van der Waals surface area (Å²) < 4.78 is 25.4. The van der Waals surface area contributed by atoms with E-state index in [-0.39, 0.29) is 41.3 Å². The number of halogens is 8. The minimum absolute atomic E-state index is 0.0207. The van der Waals surface area contributed by atoms with Crippen LogP contribution in [-0.4, -0.2) is 0 Å². The van der Waals surface area contributed by atoms with Crippen molar-refractivity contribution in [1.82, 2.24) is 0 Å². The summed E-state index contributed by atoms with van der Waals surface area (Å²) in [6, 6.07) is 3.91. The maximum Gasteiger partial charge on any atom is 0.265 e. The molecule has 0 heterocycles. The number of alkyl halides is 2. The summed E-state index contributed by atoms with van der Waals surface area (Å²) in [5.74, 6) is 0. The molecular weight excluding hydrogens is 407 g/mol. The average Bonchev–Trinajstić information content (AvgIpc) is 2.43. The Bertz CT molecular complexity index is 685. The Morgan fingerprint density at radius 2 is 1.19 bits per heavy atom. The molecular formula is C13H4Cl6F2. The van der Waals surface area contributed by atoms with Gasteiger partial charge in [-0.2, -0.15) is 0 Å². The summed E-state index contributed by atoms with van der Waals surface area (Å²) in [6.07, 6.45) is -2.69. The maximum absolute atomic E-state index is 12.7. The lowest BCUT2D eigenvalue weighted by Gasteiger charge is -2.14. The molecule has 2 aromatic carbocycles. The Morgan fingerprint density at radius 3 is 1.62 bits per heavy atom. The summed E-state index contributed by atoms with van der Waals surface area (Å²) in [6.45, 7) is 0. The van der Waals surface area contributed by atoms with E-state index in [1.807, 2.05) is 0 Å². The number of benzene rings is 2. The number of hydrogen-bond donors (Lipinski definition) is 0. The van der Waals surface area contributed by atoms with E-state index < -0.39 is 6.43 Å². The zero-order chi connectivity index (χ0) is 15.9. The summed E-state index contributed by atoms with van der Waals surface area (Å²) >= 11 is 35.9. The van der Waals surface area contributed by atoms with Crippen LogP contribution in [0.5, 0.6) is 0 Å². The van der Waals surface area contributed by atoms with Crippen LogP contribution in [0.25, 0.3) is 11.1 Å². The minimum Gasteiger partial charge on any atom is -0.205 e. The molecule has 0 spiro atoms. The van der Waals surface area contributed by atoms with Gasteiger partial charge in [0, 0.05) is 11.1 Å². The molecule has 0 saturated carbocycles. The molecule has 2 rings (SSSR count). The zero-order valence-electron chi connectivity index (χ0n) is 9.83. The fourth-order valence-electron chi connectivity index (χ4n) is 1.72. The molecule has 0 unspecified atom stereocenters. The highest BCUT2D eigenvalue weighted by atomic mass is 35.5. The smallest absolute Gasteiger partial charge is 0.205 e. The molecule has 8 heteroatoms. The quantitative estimate of drug-likeness (QED) is 0.345. The zero-order valence-corrected chi connectivity index (χ0v) is 14.4. The first-order valence-corrected chi connectivity index (χ1v) is 7.61. The van der Waals surface area contributed by atoms with E-state index in [2.05, 4.69) is 0 Å². The van der Waals surface area contributed by atoms with Crippen molar-refractivity contribution in [2.24, 2.45) is 0 Å². The van der Waals surface area contributed by atoms with Crippen molar-refractivity contribution in [3.05, 3.63) is 53.9 Å². The van der Waals surface area contributed by atoms with Crippen LogP contribution < -0.4 is 0 Å². The van der Waals surface area contributed by atoms with Gasteiger partial charge in [-0.05, 0) is 11.6 Å². The minimum atomic E-state index is -2.69. The molecule has 0 aliphatic heterocycles. The van der Waals surface area contributed by atoms with Gasteiger partial charge in [-0.1, -0.05) is 81.7 Å². The molecule has 0 bridgehead atoms. The van der Waals surface area contributed by atoms with E-state index >= 15 is 0 Å². The van der Waals surface area contributed by atoms with Crippen molar-refractivity contribution in [2.45, 2.75) is 6.43 Å². The van der Waals surface area contributed by atoms with Gasteiger partial charge in [-0.3, -0.25) is 0 Å². The van der Waals surface area contributed by atoms with Crippen LogP contribution in [0.1, 0.15) is 12.0 Å². The first kappa shape index (κ1) is 17.4. The SMILES string of the molecule is FC(F)c1ccc(-c2c(Cl)c(Cl)c(Cl)c(Cl)c2Cl)cc1Cl. The third-order valence-corrected chi connectivity index (χ3v) is 5.34. The van der Waals surface area contributed by atoms with E-state index in [1.165, 1.54) is 18.2 Å². The highest BCUT2D eigenvalue weighted by Gasteiger charge is 2.21. The van der Waals surface area contributed by atoms with Crippen LogP contribution in [0.15, 0.2) is 18.2 Å². The Labute approximate surface area is 149 Å². The van der Waals surface area contributed by atoms with E-state index in [1.54, 1.807) is 0 Å². The Kier molecular flexibility index (Phi) is 5.51. The van der Waals surface area contributed by atoms with Crippen molar-refractivity contribution in [2.75, 3.05) is 0 Å². The van der Waals surface area contributed by atoms with Gasteiger partial charge >= 0.3 is 0 Å². The molecule has 0 saturated heterocycles. The molecule has 0 aliphatic carbocycles. The molecule has 0 radical (unpaired) electrons. The Balaban J connectivity index is 2.71. The Morgan fingerprint density at radius 1 is 0.714 bits per heavy atom. The molecule has 0 N–H and O–H groups in total. The molecule has 0 fully saturated rings. The second-order valence-electron chi connectivity index (χ2n) is 3.98. The van der Waals surface area contributed by atoms with Crippen LogP contribution in [0.4, 0.5) is 8.78 Å². The van der Waals surface area contributed by atoms with Crippen molar-refractivity contribution in [3.63, 3.8) is 0 Å². The van der Waals surface area contributed by atoms with E-state index in [0.717, 1.165) is 0 Å². The van der Waals surface area contributed by atoms with Gasteiger partial charge in [-0.25, -0.2) is 8.78 Å². The lowest BCUT2D eigenvalue weighted by atomic mass is 10.0. The van der Waals surface area contributed by atoms with Gasteiger partial charge in [0.15, 0.2) is 0 Å². The average molecular weight is 411 g/mol. The maximum atomic E-state index is 12.7. The van der Waals surface area contributed by atoms with Gasteiger partial charge in [0.1, 0.15) is 0 Å². The van der Waals surface area contributed by atoms with Gasteiger partial charge in [0.05, 0.1) is 30.1 Å². The molecule has 21 heavy (non-hydrogen) atoms. The molecule has 0 amide bonds. The van der Waals surface area contributed by atoms with E-state index in [4.69, 9.17) is 69.6 Å².